The highest BCUT2D eigenvalue weighted by Gasteiger charge is 2.45. The predicted molar refractivity (Wildman–Crippen MR) is 119 cm³/mol. The second kappa shape index (κ2) is 8.88. The Balaban J connectivity index is 1.75. The van der Waals surface area contributed by atoms with Crippen LogP contribution in [0.3, 0.4) is 0 Å². The van der Waals surface area contributed by atoms with Crippen molar-refractivity contribution in [3.05, 3.63) is 107 Å². The fourth-order valence-electron chi connectivity index (χ4n) is 3.89. The van der Waals surface area contributed by atoms with E-state index < -0.39 is 17.7 Å². The highest BCUT2D eigenvalue weighted by atomic mass is 16.5. The van der Waals surface area contributed by atoms with Crippen molar-refractivity contribution in [1.82, 2.24) is 4.90 Å². The molecule has 1 heterocycles. The molecule has 3 aromatic carbocycles. The summed E-state index contributed by atoms with van der Waals surface area (Å²) in [5.41, 5.74) is 2.42. The molecule has 3 aromatic rings. The zero-order valence-electron chi connectivity index (χ0n) is 17.2. The van der Waals surface area contributed by atoms with Gasteiger partial charge in [-0.25, -0.2) is 0 Å². The molecule has 1 atom stereocenters. The van der Waals surface area contributed by atoms with E-state index in [-0.39, 0.29) is 11.3 Å². The molecule has 1 unspecified atom stereocenters. The third-order valence-corrected chi connectivity index (χ3v) is 5.50. The Hall–Kier alpha value is -3.86. The minimum absolute atomic E-state index is 0.106. The molecular weight excluding hydrogens is 390 g/mol. The van der Waals surface area contributed by atoms with E-state index in [1.807, 2.05) is 60.7 Å². The molecule has 0 radical (unpaired) electrons. The number of ether oxygens (including phenoxy) is 1. The Morgan fingerprint density at radius 3 is 2.13 bits per heavy atom. The van der Waals surface area contributed by atoms with E-state index in [1.165, 1.54) is 0 Å². The number of likely N-dealkylation sites (tertiary alicyclic amines) is 1. The van der Waals surface area contributed by atoms with Crippen molar-refractivity contribution in [1.29, 1.82) is 0 Å². The second-order valence-electron chi connectivity index (χ2n) is 7.37. The lowest BCUT2D eigenvalue weighted by molar-refractivity contribution is -0.139. The van der Waals surface area contributed by atoms with E-state index in [9.17, 15) is 14.7 Å². The number of carbonyl (C=O) groups is 2. The van der Waals surface area contributed by atoms with E-state index >= 15 is 0 Å². The molecule has 1 saturated heterocycles. The number of benzene rings is 3. The molecule has 0 saturated carbocycles. The van der Waals surface area contributed by atoms with Gasteiger partial charge in [-0.15, -0.1) is 0 Å². The van der Waals surface area contributed by atoms with Gasteiger partial charge in [0.25, 0.3) is 11.7 Å². The Labute approximate surface area is 181 Å². The van der Waals surface area contributed by atoms with E-state index in [0.717, 1.165) is 11.1 Å². The first kappa shape index (κ1) is 20.4. The number of methoxy groups -OCH3 is 1. The molecule has 1 N–H and O–H groups in total. The predicted octanol–water partition coefficient (Wildman–Crippen LogP) is 4.36. The Bertz CT molecular complexity index is 1110. The molecule has 1 amide bonds. The van der Waals surface area contributed by atoms with Gasteiger partial charge in [0.2, 0.25) is 0 Å². The number of carbonyl (C=O) groups excluding carboxylic acids is 2. The second-order valence-corrected chi connectivity index (χ2v) is 7.37. The van der Waals surface area contributed by atoms with E-state index in [1.54, 1.807) is 36.3 Å². The molecule has 5 heteroatoms. The molecule has 156 valence electrons. The summed E-state index contributed by atoms with van der Waals surface area (Å²) in [5.74, 6) is -0.813. The van der Waals surface area contributed by atoms with Crippen molar-refractivity contribution >= 4 is 17.4 Å². The number of ketones is 1. The van der Waals surface area contributed by atoms with Gasteiger partial charge >= 0.3 is 0 Å². The quantitative estimate of drug-likeness (QED) is 0.370. The Morgan fingerprint density at radius 1 is 0.903 bits per heavy atom. The van der Waals surface area contributed by atoms with Gasteiger partial charge in [-0.1, -0.05) is 60.7 Å². The molecule has 31 heavy (non-hydrogen) atoms. The Morgan fingerprint density at radius 2 is 1.52 bits per heavy atom. The molecule has 0 aliphatic carbocycles. The van der Waals surface area contributed by atoms with Gasteiger partial charge in [-0.05, 0) is 41.8 Å². The number of hydrogen-bond acceptors (Lipinski definition) is 4. The van der Waals surface area contributed by atoms with Crippen molar-refractivity contribution in [2.75, 3.05) is 13.7 Å². The third-order valence-electron chi connectivity index (χ3n) is 5.50. The van der Waals surface area contributed by atoms with Gasteiger partial charge in [0, 0.05) is 12.1 Å². The number of Topliss-reactive ketones (excluding diaryl/α,β-unsaturated/α-hetero) is 1. The van der Waals surface area contributed by atoms with Crippen molar-refractivity contribution in [2.45, 2.75) is 12.5 Å². The molecular formula is C26H23NO4. The third kappa shape index (κ3) is 4.08. The SMILES string of the molecule is COc1ccc(/C(O)=C2\C(=O)C(=O)N(CCc3ccccc3)C2c2ccccc2)cc1. The highest BCUT2D eigenvalue weighted by molar-refractivity contribution is 6.46. The average molecular weight is 413 g/mol. The molecule has 1 aliphatic rings. The highest BCUT2D eigenvalue weighted by Crippen LogP contribution is 2.39. The molecule has 1 fully saturated rings. The molecule has 0 aromatic heterocycles. The molecule has 4 rings (SSSR count). The summed E-state index contributed by atoms with van der Waals surface area (Å²) in [5, 5.41) is 11.0. The lowest BCUT2D eigenvalue weighted by Gasteiger charge is -2.25. The van der Waals surface area contributed by atoms with E-state index in [0.29, 0.717) is 24.3 Å². The maximum atomic E-state index is 13.0. The Kier molecular flexibility index (Phi) is 5.85. The lowest BCUT2D eigenvalue weighted by atomic mass is 9.95. The minimum atomic E-state index is -0.671. The topological polar surface area (TPSA) is 66.8 Å². The lowest BCUT2D eigenvalue weighted by Crippen LogP contribution is -2.31. The first-order valence-corrected chi connectivity index (χ1v) is 10.1. The van der Waals surface area contributed by atoms with Gasteiger partial charge in [-0.2, -0.15) is 0 Å². The number of hydrogen-bond donors (Lipinski definition) is 1. The number of rotatable bonds is 6. The van der Waals surface area contributed by atoms with Crippen LogP contribution in [0.15, 0.2) is 90.5 Å². The normalized spacial score (nSPS) is 17.7. The van der Waals surface area contributed by atoms with Crippen LogP contribution in [0.25, 0.3) is 5.76 Å². The first-order chi connectivity index (χ1) is 15.1. The van der Waals surface area contributed by atoms with Crippen molar-refractivity contribution in [3.8, 4) is 5.75 Å². The van der Waals surface area contributed by atoms with Crippen LogP contribution in [-0.4, -0.2) is 35.4 Å². The number of aliphatic hydroxyl groups is 1. The molecule has 1 aliphatic heterocycles. The standard InChI is InChI=1S/C26H23NO4/c1-31-21-14-12-20(13-15-21)24(28)22-23(19-10-6-3-7-11-19)27(26(30)25(22)29)17-16-18-8-4-2-5-9-18/h2-15,23,28H,16-17H2,1H3/b24-22+. The summed E-state index contributed by atoms with van der Waals surface area (Å²) in [6, 6.07) is 25.3. The average Bonchev–Trinajstić information content (AvgIpc) is 3.08. The smallest absolute Gasteiger partial charge is 0.295 e. The van der Waals surface area contributed by atoms with Crippen molar-refractivity contribution in [2.24, 2.45) is 0 Å². The van der Waals surface area contributed by atoms with Gasteiger partial charge in [0.15, 0.2) is 0 Å². The van der Waals surface area contributed by atoms with Gasteiger partial charge in [0.05, 0.1) is 18.7 Å². The number of nitrogens with zero attached hydrogens (tertiary/aromatic N) is 1. The number of aliphatic hydroxyl groups excluding tert-OH is 1. The van der Waals surface area contributed by atoms with Crippen LogP contribution in [0.4, 0.5) is 0 Å². The monoisotopic (exact) mass is 413 g/mol. The van der Waals surface area contributed by atoms with Gasteiger partial charge < -0.3 is 14.7 Å². The fourth-order valence-corrected chi connectivity index (χ4v) is 3.89. The summed E-state index contributed by atoms with van der Waals surface area (Å²) in [6.45, 7) is 0.369. The largest absolute Gasteiger partial charge is 0.507 e. The summed E-state index contributed by atoms with van der Waals surface area (Å²) in [7, 11) is 1.56. The van der Waals surface area contributed by atoms with Crippen LogP contribution in [0, 0.1) is 0 Å². The minimum Gasteiger partial charge on any atom is -0.507 e. The zero-order chi connectivity index (χ0) is 21.8. The van der Waals surface area contributed by atoms with Crippen molar-refractivity contribution in [3.63, 3.8) is 0 Å². The van der Waals surface area contributed by atoms with Crippen LogP contribution in [0.2, 0.25) is 0 Å². The number of amides is 1. The summed E-state index contributed by atoms with van der Waals surface area (Å²) < 4.78 is 5.17. The summed E-state index contributed by atoms with van der Waals surface area (Å²) in [6.07, 6.45) is 0.611. The molecule has 0 spiro atoms. The zero-order valence-corrected chi connectivity index (χ0v) is 17.2. The van der Waals surface area contributed by atoms with Gasteiger partial charge in [-0.3, -0.25) is 9.59 Å². The van der Waals surface area contributed by atoms with Crippen LogP contribution in [-0.2, 0) is 16.0 Å². The summed E-state index contributed by atoms with van der Waals surface area (Å²) in [4.78, 5) is 27.5. The van der Waals surface area contributed by atoms with E-state index in [2.05, 4.69) is 0 Å². The molecule has 0 bridgehead atoms. The van der Waals surface area contributed by atoms with Gasteiger partial charge in [0.1, 0.15) is 11.5 Å². The summed E-state index contributed by atoms with van der Waals surface area (Å²) >= 11 is 0. The maximum Gasteiger partial charge on any atom is 0.295 e. The maximum absolute atomic E-state index is 13.0. The van der Waals surface area contributed by atoms with Crippen LogP contribution >= 0.6 is 0 Å². The van der Waals surface area contributed by atoms with Crippen LogP contribution in [0.1, 0.15) is 22.7 Å². The van der Waals surface area contributed by atoms with Crippen LogP contribution in [0.5, 0.6) is 5.75 Å². The van der Waals surface area contributed by atoms with Crippen molar-refractivity contribution < 1.29 is 19.4 Å². The fraction of sp³-hybridized carbons (Fsp3) is 0.154. The first-order valence-electron chi connectivity index (χ1n) is 10.1. The molecule has 5 nitrogen and oxygen atoms in total. The van der Waals surface area contributed by atoms with Crippen LogP contribution < -0.4 is 4.74 Å². The van der Waals surface area contributed by atoms with E-state index in [4.69, 9.17) is 4.74 Å².